The van der Waals surface area contributed by atoms with Gasteiger partial charge in [0.25, 0.3) is 0 Å². The average molecular weight is 347 g/mol. The predicted octanol–water partition coefficient (Wildman–Crippen LogP) is 0.945. The van der Waals surface area contributed by atoms with Gasteiger partial charge in [-0.05, 0) is 30.2 Å². The van der Waals surface area contributed by atoms with E-state index in [1.807, 2.05) is 0 Å². The molecule has 0 aromatic heterocycles. The van der Waals surface area contributed by atoms with Gasteiger partial charge >= 0.3 is 5.97 Å². The summed E-state index contributed by atoms with van der Waals surface area (Å²) in [6.45, 7) is 0. The Balaban J connectivity index is 2.23. The number of nitrogens with two attached hydrogens (primary N) is 1. The lowest BCUT2D eigenvalue weighted by atomic mass is 10.0. The first-order chi connectivity index (χ1) is 11.3. The molecule has 0 aliphatic heterocycles. The molecule has 126 valence electrons. The summed E-state index contributed by atoms with van der Waals surface area (Å²) in [5.41, 5.74) is 6.41. The van der Waals surface area contributed by atoms with E-state index in [1.54, 1.807) is 42.5 Å². The SMILES string of the molecule is N=C(N)c1cccc(C[C@H](NS(=O)(=O)c2ccccc2)C(=O)O)c1. The molecule has 0 aliphatic rings. The Morgan fingerprint density at radius 2 is 1.83 bits per heavy atom. The van der Waals surface area contributed by atoms with Crippen molar-refractivity contribution in [3.8, 4) is 0 Å². The van der Waals surface area contributed by atoms with Crippen LogP contribution in [0.15, 0.2) is 59.5 Å². The van der Waals surface area contributed by atoms with Crippen LogP contribution in [-0.2, 0) is 21.2 Å². The quantitative estimate of drug-likeness (QED) is 0.437. The molecule has 0 aliphatic carbocycles. The highest BCUT2D eigenvalue weighted by atomic mass is 32.2. The summed E-state index contributed by atoms with van der Waals surface area (Å²) < 4.78 is 26.8. The van der Waals surface area contributed by atoms with E-state index in [9.17, 15) is 18.3 Å². The maximum absolute atomic E-state index is 12.3. The Morgan fingerprint density at radius 3 is 2.42 bits per heavy atom. The van der Waals surface area contributed by atoms with Crippen LogP contribution in [-0.4, -0.2) is 31.4 Å². The summed E-state index contributed by atoms with van der Waals surface area (Å²) >= 11 is 0. The maximum atomic E-state index is 12.3. The molecule has 0 unspecified atom stereocenters. The van der Waals surface area contributed by atoms with Gasteiger partial charge in [-0.15, -0.1) is 0 Å². The lowest BCUT2D eigenvalue weighted by Gasteiger charge is -2.15. The minimum absolute atomic E-state index is 0.00580. The molecule has 0 amide bonds. The van der Waals surface area contributed by atoms with Crippen LogP contribution in [0.5, 0.6) is 0 Å². The zero-order chi connectivity index (χ0) is 17.7. The second kappa shape index (κ2) is 7.24. The van der Waals surface area contributed by atoms with E-state index in [4.69, 9.17) is 11.1 Å². The number of carboxylic acid groups (broad SMARTS) is 1. The van der Waals surface area contributed by atoms with Crippen LogP contribution in [0.2, 0.25) is 0 Å². The lowest BCUT2D eigenvalue weighted by molar-refractivity contribution is -0.138. The Bertz CT molecular complexity index is 851. The number of nitrogens with one attached hydrogen (secondary N) is 2. The summed E-state index contributed by atoms with van der Waals surface area (Å²) in [6, 6.07) is 12.7. The van der Waals surface area contributed by atoms with Crippen LogP contribution in [0, 0.1) is 5.41 Å². The molecular formula is C16H17N3O4S. The van der Waals surface area contributed by atoms with Crippen LogP contribution in [0.3, 0.4) is 0 Å². The summed E-state index contributed by atoms with van der Waals surface area (Å²) in [6.07, 6.45) is -0.0669. The fourth-order valence-electron chi connectivity index (χ4n) is 2.14. The minimum Gasteiger partial charge on any atom is -0.480 e. The number of nitrogen functional groups attached to an aromatic ring is 1. The third-order valence-corrected chi connectivity index (χ3v) is 4.81. The number of sulfonamides is 1. The molecule has 1 atom stereocenters. The number of hydrogen-bond acceptors (Lipinski definition) is 4. The molecule has 2 rings (SSSR count). The van der Waals surface area contributed by atoms with E-state index in [0.717, 1.165) is 0 Å². The standard InChI is InChI=1S/C16H17N3O4S/c17-15(18)12-6-4-5-11(9-12)10-14(16(20)21)19-24(22,23)13-7-2-1-3-8-13/h1-9,14,19H,10H2,(H3,17,18)(H,20,21)/t14-/m0/s1. The van der Waals surface area contributed by atoms with Gasteiger partial charge in [0, 0.05) is 5.56 Å². The molecule has 5 N–H and O–H groups in total. The average Bonchev–Trinajstić information content (AvgIpc) is 2.55. The molecule has 0 saturated carbocycles. The molecule has 0 bridgehead atoms. The number of carbonyl (C=O) groups is 1. The maximum Gasteiger partial charge on any atom is 0.322 e. The third kappa shape index (κ3) is 4.40. The van der Waals surface area contributed by atoms with Gasteiger partial charge in [0.05, 0.1) is 4.90 Å². The fourth-order valence-corrected chi connectivity index (χ4v) is 3.35. The van der Waals surface area contributed by atoms with Gasteiger partial charge in [-0.2, -0.15) is 4.72 Å². The topological polar surface area (TPSA) is 133 Å². The molecule has 0 fully saturated rings. The summed E-state index contributed by atoms with van der Waals surface area (Å²) in [5, 5.41) is 16.7. The Labute approximate surface area is 139 Å². The number of hydrogen-bond donors (Lipinski definition) is 4. The number of amidine groups is 1. The number of benzene rings is 2. The van der Waals surface area contributed by atoms with Gasteiger partial charge in [0.15, 0.2) is 0 Å². The molecule has 2 aromatic carbocycles. The third-order valence-electron chi connectivity index (χ3n) is 3.33. The van der Waals surface area contributed by atoms with Gasteiger partial charge < -0.3 is 10.8 Å². The first-order valence-corrected chi connectivity index (χ1v) is 8.51. The van der Waals surface area contributed by atoms with Gasteiger partial charge in [0.1, 0.15) is 11.9 Å². The van der Waals surface area contributed by atoms with E-state index in [0.29, 0.717) is 11.1 Å². The van der Waals surface area contributed by atoms with Crippen molar-refractivity contribution in [2.24, 2.45) is 5.73 Å². The molecule has 7 nitrogen and oxygen atoms in total. The van der Waals surface area contributed by atoms with Crippen LogP contribution in [0.25, 0.3) is 0 Å². The van der Waals surface area contributed by atoms with Crippen molar-refractivity contribution in [3.63, 3.8) is 0 Å². The van der Waals surface area contributed by atoms with Crippen molar-refractivity contribution in [3.05, 3.63) is 65.7 Å². The molecule has 0 heterocycles. The first-order valence-electron chi connectivity index (χ1n) is 7.03. The van der Waals surface area contributed by atoms with Crippen LogP contribution in [0.4, 0.5) is 0 Å². The molecule has 0 spiro atoms. The van der Waals surface area contributed by atoms with Crippen molar-refractivity contribution < 1.29 is 18.3 Å². The summed E-state index contributed by atoms with van der Waals surface area (Å²) in [5.74, 6) is -1.43. The largest absolute Gasteiger partial charge is 0.480 e. The van der Waals surface area contributed by atoms with Crippen molar-refractivity contribution in [1.82, 2.24) is 4.72 Å². The van der Waals surface area contributed by atoms with E-state index >= 15 is 0 Å². The van der Waals surface area contributed by atoms with Gasteiger partial charge in [0.2, 0.25) is 10.0 Å². The number of carboxylic acids is 1. The molecular weight excluding hydrogens is 330 g/mol. The Morgan fingerprint density at radius 1 is 1.17 bits per heavy atom. The molecule has 24 heavy (non-hydrogen) atoms. The van der Waals surface area contributed by atoms with Crippen LogP contribution in [0.1, 0.15) is 11.1 Å². The van der Waals surface area contributed by atoms with E-state index in [-0.39, 0.29) is 17.2 Å². The van der Waals surface area contributed by atoms with Crippen molar-refractivity contribution in [2.45, 2.75) is 17.4 Å². The molecule has 8 heteroatoms. The van der Waals surface area contributed by atoms with Crippen LogP contribution < -0.4 is 10.5 Å². The molecule has 0 radical (unpaired) electrons. The minimum atomic E-state index is -3.95. The monoisotopic (exact) mass is 347 g/mol. The van der Waals surface area contributed by atoms with E-state index in [2.05, 4.69) is 4.72 Å². The molecule has 0 saturated heterocycles. The highest BCUT2D eigenvalue weighted by molar-refractivity contribution is 7.89. The highest BCUT2D eigenvalue weighted by Gasteiger charge is 2.25. The van der Waals surface area contributed by atoms with Gasteiger partial charge in [-0.1, -0.05) is 36.4 Å². The predicted molar refractivity (Wildman–Crippen MR) is 89.3 cm³/mol. The Kier molecular flexibility index (Phi) is 5.32. The van der Waals surface area contributed by atoms with Crippen LogP contribution >= 0.6 is 0 Å². The zero-order valence-electron chi connectivity index (χ0n) is 12.6. The van der Waals surface area contributed by atoms with Gasteiger partial charge in [-0.25, -0.2) is 8.42 Å². The van der Waals surface area contributed by atoms with E-state index in [1.165, 1.54) is 12.1 Å². The number of rotatable bonds is 7. The second-order valence-electron chi connectivity index (χ2n) is 5.14. The van der Waals surface area contributed by atoms with Crippen molar-refractivity contribution >= 4 is 21.8 Å². The smallest absolute Gasteiger partial charge is 0.322 e. The highest BCUT2D eigenvalue weighted by Crippen LogP contribution is 2.12. The zero-order valence-corrected chi connectivity index (χ0v) is 13.5. The lowest BCUT2D eigenvalue weighted by Crippen LogP contribution is -2.42. The second-order valence-corrected chi connectivity index (χ2v) is 6.86. The van der Waals surface area contributed by atoms with Gasteiger partial charge in [-0.3, -0.25) is 10.2 Å². The van der Waals surface area contributed by atoms with Crippen molar-refractivity contribution in [1.29, 1.82) is 5.41 Å². The normalized spacial score (nSPS) is 12.5. The Hall–Kier alpha value is -2.71. The first kappa shape index (κ1) is 17.6. The fraction of sp³-hybridized carbons (Fsp3) is 0.125. The number of aliphatic carboxylic acids is 1. The van der Waals surface area contributed by atoms with E-state index < -0.39 is 22.0 Å². The summed E-state index contributed by atoms with van der Waals surface area (Å²) in [4.78, 5) is 11.4. The summed E-state index contributed by atoms with van der Waals surface area (Å²) in [7, 11) is -3.95. The molecule has 2 aromatic rings. The van der Waals surface area contributed by atoms with Crippen molar-refractivity contribution in [2.75, 3.05) is 0 Å².